The van der Waals surface area contributed by atoms with E-state index in [1.54, 1.807) is 12.1 Å². The van der Waals surface area contributed by atoms with E-state index in [0.29, 0.717) is 18.4 Å². The third-order valence-electron chi connectivity index (χ3n) is 5.15. The molecule has 0 saturated carbocycles. The minimum absolute atomic E-state index is 0.0546. The number of hydrogen-bond donors (Lipinski definition) is 1. The van der Waals surface area contributed by atoms with Crippen LogP contribution in [-0.4, -0.2) is 64.8 Å². The first-order valence-corrected chi connectivity index (χ1v) is 8.46. The number of amides is 1. The molecule has 0 radical (unpaired) electrons. The summed E-state index contributed by atoms with van der Waals surface area (Å²) < 4.78 is 5.92. The number of carboxylic acid groups (broad SMARTS) is 1. The summed E-state index contributed by atoms with van der Waals surface area (Å²) in [6, 6.07) is 6.32. The van der Waals surface area contributed by atoms with Gasteiger partial charge in [-0.2, -0.15) is 0 Å². The van der Waals surface area contributed by atoms with Crippen molar-refractivity contribution in [3.63, 3.8) is 0 Å². The maximum absolute atomic E-state index is 13.1. The summed E-state index contributed by atoms with van der Waals surface area (Å²) in [5.41, 5.74) is 0.774. The smallest absolute Gasteiger partial charge is 0.328 e. The number of ether oxygens (including phenoxy) is 1. The normalized spacial score (nSPS) is 23.6. The van der Waals surface area contributed by atoms with Crippen molar-refractivity contribution in [2.75, 3.05) is 26.2 Å². The minimum Gasteiger partial charge on any atom is -0.480 e. The summed E-state index contributed by atoms with van der Waals surface area (Å²) in [4.78, 5) is 28.5. The Kier molecular flexibility index (Phi) is 4.60. The van der Waals surface area contributed by atoms with E-state index in [4.69, 9.17) is 4.74 Å². The zero-order chi connectivity index (χ0) is 17.3. The minimum atomic E-state index is -1.01. The number of carbonyl (C=O) groups is 2. The quantitative estimate of drug-likeness (QED) is 0.913. The van der Waals surface area contributed by atoms with Crippen molar-refractivity contribution in [2.45, 2.75) is 38.5 Å². The van der Waals surface area contributed by atoms with E-state index in [0.717, 1.165) is 25.2 Å². The maximum atomic E-state index is 13.1. The fraction of sp³-hybridized carbons (Fsp3) is 0.556. The second-order valence-corrected chi connectivity index (χ2v) is 6.59. The molecule has 0 bridgehead atoms. The molecule has 1 atom stereocenters. The Balaban J connectivity index is 1.91. The van der Waals surface area contributed by atoms with E-state index in [9.17, 15) is 14.7 Å². The molecule has 1 amide bonds. The fourth-order valence-electron chi connectivity index (χ4n) is 3.61. The Bertz CT molecular complexity index is 620. The van der Waals surface area contributed by atoms with Crippen molar-refractivity contribution < 1.29 is 19.4 Å². The molecule has 130 valence electrons. The van der Waals surface area contributed by atoms with Gasteiger partial charge in [0.25, 0.3) is 5.91 Å². The molecular weight excluding hydrogens is 308 g/mol. The summed E-state index contributed by atoms with van der Waals surface area (Å²) in [6.07, 6.45) is 1.28. The average Bonchev–Trinajstić information content (AvgIpc) is 2.95. The zero-order valence-corrected chi connectivity index (χ0v) is 14.2. The lowest BCUT2D eigenvalue weighted by atomic mass is 9.96. The van der Waals surface area contributed by atoms with E-state index in [2.05, 4.69) is 11.8 Å². The van der Waals surface area contributed by atoms with Crippen LogP contribution >= 0.6 is 0 Å². The second kappa shape index (κ2) is 6.53. The van der Waals surface area contributed by atoms with Gasteiger partial charge in [-0.1, -0.05) is 24.6 Å². The number of aryl methyl sites for hydroxylation is 1. The number of benzene rings is 1. The lowest BCUT2D eigenvalue weighted by molar-refractivity contribution is -0.143. The molecule has 2 aliphatic heterocycles. The highest BCUT2D eigenvalue weighted by Gasteiger charge is 2.53. The van der Waals surface area contributed by atoms with Gasteiger partial charge in [0.2, 0.25) is 0 Å². The highest BCUT2D eigenvalue weighted by molar-refractivity contribution is 5.97. The first-order valence-electron chi connectivity index (χ1n) is 8.46. The van der Waals surface area contributed by atoms with Crippen molar-refractivity contribution >= 4 is 11.9 Å². The van der Waals surface area contributed by atoms with Crippen molar-refractivity contribution in [2.24, 2.45) is 0 Å². The number of carbonyl (C=O) groups excluding carboxylic acids is 1. The molecule has 1 aromatic rings. The summed E-state index contributed by atoms with van der Waals surface area (Å²) >= 11 is 0. The molecule has 1 N–H and O–H groups in total. The van der Waals surface area contributed by atoms with Crippen LogP contribution in [0.5, 0.6) is 0 Å². The Morgan fingerprint density at radius 3 is 2.42 bits per heavy atom. The molecule has 2 aliphatic rings. The van der Waals surface area contributed by atoms with E-state index < -0.39 is 17.7 Å². The number of likely N-dealkylation sites (tertiary alicyclic amines) is 1. The van der Waals surface area contributed by atoms with Crippen LogP contribution in [0.3, 0.4) is 0 Å². The number of carboxylic acids is 1. The van der Waals surface area contributed by atoms with Crippen molar-refractivity contribution in [1.82, 2.24) is 9.80 Å². The molecule has 0 aromatic heterocycles. The second-order valence-electron chi connectivity index (χ2n) is 6.59. The van der Waals surface area contributed by atoms with Gasteiger partial charge in [0.05, 0.1) is 6.61 Å². The molecule has 0 aliphatic carbocycles. The third-order valence-corrected chi connectivity index (χ3v) is 5.15. The number of piperidine rings is 1. The van der Waals surface area contributed by atoms with Crippen LogP contribution in [0.25, 0.3) is 0 Å². The summed E-state index contributed by atoms with van der Waals surface area (Å²) in [7, 11) is 0. The third kappa shape index (κ3) is 2.91. The van der Waals surface area contributed by atoms with Crippen LogP contribution in [0.15, 0.2) is 24.3 Å². The number of aliphatic carboxylic acids is 1. The van der Waals surface area contributed by atoms with Crippen LogP contribution in [0.4, 0.5) is 0 Å². The predicted molar refractivity (Wildman–Crippen MR) is 88.8 cm³/mol. The Labute approximate surface area is 142 Å². The molecule has 6 nitrogen and oxygen atoms in total. The highest BCUT2D eigenvalue weighted by Crippen LogP contribution is 2.38. The summed E-state index contributed by atoms with van der Waals surface area (Å²) in [6.45, 7) is 6.67. The molecule has 2 saturated heterocycles. The van der Waals surface area contributed by atoms with Crippen molar-refractivity contribution in [3.8, 4) is 0 Å². The van der Waals surface area contributed by atoms with Crippen LogP contribution in [0.2, 0.25) is 0 Å². The van der Waals surface area contributed by atoms with Gasteiger partial charge >= 0.3 is 5.97 Å². The van der Waals surface area contributed by atoms with Crippen LogP contribution in [0, 0.1) is 6.92 Å². The molecular formula is C18H24N2O4. The van der Waals surface area contributed by atoms with Gasteiger partial charge < -0.3 is 14.7 Å². The molecule has 1 aromatic carbocycles. The Hall–Kier alpha value is -1.92. The first kappa shape index (κ1) is 16.9. The summed E-state index contributed by atoms with van der Waals surface area (Å²) in [5, 5.41) is 9.55. The first-order chi connectivity index (χ1) is 11.5. The van der Waals surface area contributed by atoms with Crippen molar-refractivity contribution in [1.29, 1.82) is 0 Å². The van der Waals surface area contributed by atoms with Crippen molar-refractivity contribution in [3.05, 3.63) is 35.4 Å². The molecule has 2 fully saturated rings. The molecule has 6 heteroatoms. The van der Waals surface area contributed by atoms with Crippen LogP contribution < -0.4 is 0 Å². The van der Waals surface area contributed by atoms with E-state index in [1.807, 2.05) is 19.1 Å². The zero-order valence-electron chi connectivity index (χ0n) is 14.2. The Morgan fingerprint density at radius 2 is 1.88 bits per heavy atom. The number of hydrogen-bond acceptors (Lipinski definition) is 4. The van der Waals surface area contributed by atoms with Gasteiger partial charge in [-0.15, -0.1) is 0 Å². The monoisotopic (exact) mass is 332 g/mol. The number of rotatable bonds is 3. The van der Waals surface area contributed by atoms with Crippen LogP contribution in [-0.2, 0) is 9.53 Å². The van der Waals surface area contributed by atoms with Gasteiger partial charge in [0, 0.05) is 31.5 Å². The standard InChI is InChI=1S/C18H24N2O4/c1-3-19-10-8-18(9-11-19)20(15(12-24-18)17(22)23)16(21)14-6-4-13(2)5-7-14/h4-7,15H,3,8-12H2,1-2H3,(H,22,23). The maximum Gasteiger partial charge on any atom is 0.328 e. The predicted octanol–water partition coefficient (Wildman–Crippen LogP) is 1.73. The Morgan fingerprint density at radius 1 is 1.25 bits per heavy atom. The summed E-state index contributed by atoms with van der Waals surface area (Å²) in [5.74, 6) is -1.27. The van der Waals surface area contributed by atoms with Gasteiger partial charge in [0.1, 0.15) is 5.72 Å². The average molecular weight is 332 g/mol. The molecule has 3 rings (SSSR count). The van der Waals surface area contributed by atoms with Crippen LogP contribution in [0.1, 0.15) is 35.7 Å². The van der Waals surface area contributed by atoms with E-state index >= 15 is 0 Å². The molecule has 24 heavy (non-hydrogen) atoms. The highest BCUT2D eigenvalue weighted by atomic mass is 16.5. The fourth-order valence-corrected chi connectivity index (χ4v) is 3.61. The number of nitrogens with zero attached hydrogens (tertiary/aromatic N) is 2. The molecule has 1 unspecified atom stereocenters. The van der Waals surface area contributed by atoms with Gasteiger partial charge in [-0.25, -0.2) is 4.79 Å². The SMILES string of the molecule is CCN1CCC2(CC1)OCC(C(=O)O)N2C(=O)c1ccc(C)cc1. The van der Waals surface area contributed by atoms with E-state index in [1.165, 1.54) is 4.90 Å². The van der Waals surface area contributed by atoms with Gasteiger partial charge in [0.15, 0.2) is 6.04 Å². The van der Waals surface area contributed by atoms with Gasteiger partial charge in [-0.05, 0) is 25.6 Å². The lowest BCUT2D eigenvalue weighted by Gasteiger charge is -2.44. The lowest BCUT2D eigenvalue weighted by Crippen LogP contribution is -2.58. The largest absolute Gasteiger partial charge is 0.480 e. The van der Waals surface area contributed by atoms with Gasteiger partial charge in [-0.3, -0.25) is 9.69 Å². The van der Waals surface area contributed by atoms with E-state index in [-0.39, 0.29) is 12.5 Å². The molecule has 1 spiro atoms. The molecule has 2 heterocycles. The topological polar surface area (TPSA) is 70.1 Å².